The highest BCUT2D eigenvalue weighted by molar-refractivity contribution is 8.01. The molecule has 0 spiro atoms. The third-order valence-corrected chi connectivity index (χ3v) is 7.40. The number of rotatable bonds is 7. The van der Waals surface area contributed by atoms with Crippen LogP contribution in [0.1, 0.15) is 11.7 Å². The maximum atomic E-state index is 12.7. The Bertz CT molecular complexity index is 1100. The lowest BCUT2D eigenvalue weighted by atomic mass is 10.0. The zero-order valence-corrected chi connectivity index (χ0v) is 18.2. The van der Waals surface area contributed by atoms with Crippen molar-refractivity contribution in [3.63, 3.8) is 0 Å². The molecule has 1 aromatic heterocycles. The predicted octanol–water partition coefficient (Wildman–Crippen LogP) is -0.520. The molecule has 3 atom stereocenters. The van der Waals surface area contributed by atoms with Crippen LogP contribution in [-0.2, 0) is 21.4 Å². The summed E-state index contributed by atoms with van der Waals surface area (Å²) in [7, 11) is 1.67. The number of carboxylic acids is 1. The van der Waals surface area contributed by atoms with Crippen molar-refractivity contribution >= 4 is 41.3 Å². The van der Waals surface area contributed by atoms with E-state index < -0.39 is 35.3 Å². The van der Waals surface area contributed by atoms with Crippen LogP contribution in [0.4, 0.5) is 0 Å². The maximum Gasteiger partial charge on any atom is 0.352 e. The van der Waals surface area contributed by atoms with E-state index in [9.17, 15) is 29.7 Å². The summed E-state index contributed by atoms with van der Waals surface area (Å²) in [4.78, 5) is 38.2. The minimum absolute atomic E-state index is 0.0119. The Kier molecular flexibility index (Phi) is 6.08. The number of hydrogen-bond acceptors (Lipinski definition) is 10. The first kappa shape index (κ1) is 22.1. The van der Waals surface area contributed by atoms with Crippen molar-refractivity contribution in [2.75, 3.05) is 11.5 Å². The van der Waals surface area contributed by atoms with Gasteiger partial charge in [0.05, 0.1) is 0 Å². The Balaban J connectivity index is 1.45. The molecular formula is C18H18N6O6S2. The van der Waals surface area contributed by atoms with Crippen molar-refractivity contribution in [1.29, 1.82) is 0 Å². The van der Waals surface area contributed by atoms with Crippen LogP contribution in [0.15, 0.2) is 40.7 Å². The van der Waals surface area contributed by atoms with Gasteiger partial charge in [-0.3, -0.25) is 14.5 Å². The van der Waals surface area contributed by atoms with Gasteiger partial charge < -0.3 is 20.6 Å². The number of aromatic nitrogens is 4. The third-order valence-electron chi connectivity index (χ3n) is 4.96. The molecule has 0 saturated carbocycles. The number of fused-ring (bicyclic) bond motifs is 1. The van der Waals surface area contributed by atoms with Gasteiger partial charge in [0.15, 0.2) is 6.10 Å². The minimum atomic E-state index is -1.53. The molecule has 1 saturated heterocycles. The largest absolute Gasteiger partial charge is 0.508 e. The number of hydrogen-bond donors (Lipinski definition) is 4. The number of aromatic hydroxyl groups is 1. The second-order valence-corrected chi connectivity index (χ2v) is 9.07. The molecule has 0 aliphatic carbocycles. The number of tetrazole rings is 1. The molecule has 0 bridgehead atoms. The van der Waals surface area contributed by atoms with Gasteiger partial charge in [-0.15, -0.1) is 16.9 Å². The summed E-state index contributed by atoms with van der Waals surface area (Å²) >= 11 is 2.59. The second kappa shape index (κ2) is 8.80. The SMILES string of the molecule is Cn1nnnc1SCC1=C(C(=O)O)N2C(=O)[C@@H](NC(=O)C(O)c3ccc(O)cc3)[C@H]2SC1. The minimum Gasteiger partial charge on any atom is -0.508 e. The number of phenols is 1. The van der Waals surface area contributed by atoms with Crippen molar-refractivity contribution in [3.05, 3.63) is 41.1 Å². The van der Waals surface area contributed by atoms with Crippen LogP contribution < -0.4 is 5.32 Å². The topological polar surface area (TPSA) is 171 Å². The fourth-order valence-corrected chi connectivity index (χ4v) is 5.66. The van der Waals surface area contributed by atoms with Gasteiger partial charge >= 0.3 is 5.97 Å². The summed E-state index contributed by atoms with van der Waals surface area (Å²) in [6.07, 6.45) is -1.53. The van der Waals surface area contributed by atoms with Gasteiger partial charge in [0.1, 0.15) is 22.9 Å². The summed E-state index contributed by atoms with van der Waals surface area (Å²) < 4.78 is 1.46. The lowest BCUT2D eigenvalue weighted by Gasteiger charge is -2.49. The summed E-state index contributed by atoms with van der Waals surface area (Å²) in [6.45, 7) is 0. The van der Waals surface area contributed by atoms with E-state index >= 15 is 0 Å². The van der Waals surface area contributed by atoms with E-state index in [2.05, 4.69) is 20.8 Å². The Morgan fingerprint density at radius 3 is 2.69 bits per heavy atom. The Morgan fingerprint density at radius 1 is 1.34 bits per heavy atom. The average Bonchev–Trinajstić information content (AvgIpc) is 3.19. The Morgan fingerprint density at radius 2 is 2.06 bits per heavy atom. The standard InChI is InChI=1S/C18H18N6O6S2/c1-23-18(20-21-22-23)32-7-9-6-31-16-11(15(28)24(16)12(9)17(29)30)19-14(27)13(26)8-2-4-10(25)5-3-8/h2-5,11,13,16,25-26H,6-7H2,1H3,(H,19,27)(H,29,30)/t11-,13?,16-/m1/s1. The highest BCUT2D eigenvalue weighted by Gasteiger charge is 2.54. The molecule has 0 radical (unpaired) electrons. The number of benzene rings is 1. The molecule has 2 aliphatic rings. The summed E-state index contributed by atoms with van der Waals surface area (Å²) in [5.41, 5.74) is 0.698. The average molecular weight is 479 g/mol. The van der Waals surface area contributed by atoms with Crippen LogP contribution in [0.25, 0.3) is 0 Å². The van der Waals surface area contributed by atoms with E-state index in [1.165, 1.54) is 57.4 Å². The van der Waals surface area contributed by atoms with E-state index in [0.29, 0.717) is 16.5 Å². The van der Waals surface area contributed by atoms with Crippen molar-refractivity contribution in [2.45, 2.75) is 22.7 Å². The van der Waals surface area contributed by atoms with E-state index in [1.807, 2.05) is 0 Å². The zero-order valence-electron chi connectivity index (χ0n) is 16.6. The lowest BCUT2D eigenvalue weighted by Crippen LogP contribution is -2.70. The molecule has 1 fully saturated rings. The lowest BCUT2D eigenvalue weighted by molar-refractivity contribution is -0.151. The first-order chi connectivity index (χ1) is 15.3. The molecule has 1 unspecified atom stereocenters. The van der Waals surface area contributed by atoms with Crippen LogP contribution in [0, 0.1) is 0 Å². The number of nitrogens with one attached hydrogen (secondary N) is 1. The summed E-state index contributed by atoms with van der Waals surface area (Å²) in [5.74, 6) is -1.96. The monoisotopic (exact) mass is 478 g/mol. The van der Waals surface area contributed by atoms with E-state index in [1.54, 1.807) is 7.05 Å². The fraction of sp³-hybridized carbons (Fsp3) is 0.333. The number of amides is 2. The normalized spacial score (nSPS) is 21.1. The van der Waals surface area contributed by atoms with Crippen LogP contribution >= 0.6 is 23.5 Å². The molecule has 4 N–H and O–H groups in total. The van der Waals surface area contributed by atoms with Gasteiger partial charge in [-0.1, -0.05) is 23.9 Å². The number of carbonyl (C=O) groups excluding carboxylic acids is 2. The number of carboxylic acid groups (broad SMARTS) is 1. The quantitative estimate of drug-likeness (QED) is 0.298. The maximum absolute atomic E-state index is 12.7. The number of phenolic OH excluding ortho intramolecular Hbond substituents is 1. The molecule has 1 aromatic carbocycles. The highest BCUT2D eigenvalue weighted by atomic mass is 32.2. The number of thioether (sulfide) groups is 2. The van der Waals surface area contributed by atoms with Gasteiger partial charge in [-0.2, -0.15) is 0 Å². The molecule has 4 rings (SSSR count). The molecule has 2 aromatic rings. The number of aliphatic hydroxyl groups is 1. The van der Waals surface area contributed by atoms with Crippen molar-refractivity contribution in [2.24, 2.45) is 7.05 Å². The van der Waals surface area contributed by atoms with E-state index in [-0.39, 0.29) is 22.8 Å². The Hall–Kier alpha value is -3.10. The van der Waals surface area contributed by atoms with Gasteiger partial charge in [0.2, 0.25) is 5.16 Å². The summed E-state index contributed by atoms with van der Waals surface area (Å²) in [5, 5.41) is 42.8. The predicted molar refractivity (Wildman–Crippen MR) is 112 cm³/mol. The van der Waals surface area contributed by atoms with Gasteiger partial charge in [-0.05, 0) is 33.7 Å². The van der Waals surface area contributed by atoms with Gasteiger partial charge in [-0.25, -0.2) is 9.48 Å². The molecule has 3 heterocycles. The molecule has 2 aliphatic heterocycles. The number of β-lactam (4-membered cyclic amide) rings is 1. The number of aliphatic hydroxyl groups excluding tert-OH is 1. The van der Waals surface area contributed by atoms with E-state index in [0.717, 1.165) is 0 Å². The highest BCUT2D eigenvalue weighted by Crippen LogP contribution is 2.41. The first-order valence-electron chi connectivity index (χ1n) is 9.30. The Labute approximate surface area is 189 Å². The number of nitrogens with zero attached hydrogens (tertiary/aromatic N) is 5. The first-order valence-corrected chi connectivity index (χ1v) is 11.3. The van der Waals surface area contributed by atoms with Crippen molar-refractivity contribution in [3.8, 4) is 5.75 Å². The van der Waals surface area contributed by atoms with Crippen LogP contribution in [0.2, 0.25) is 0 Å². The van der Waals surface area contributed by atoms with Crippen molar-refractivity contribution < 1.29 is 29.7 Å². The molecule has 168 valence electrons. The van der Waals surface area contributed by atoms with Crippen LogP contribution in [-0.4, -0.2) is 81.1 Å². The van der Waals surface area contributed by atoms with Crippen LogP contribution in [0.3, 0.4) is 0 Å². The van der Waals surface area contributed by atoms with Gasteiger partial charge in [0, 0.05) is 18.6 Å². The number of aliphatic carboxylic acids is 1. The molecule has 12 nitrogen and oxygen atoms in total. The van der Waals surface area contributed by atoms with Crippen molar-refractivity contribution in [1.82, 2.24) is 30.4 Å². The number of aryl methyl sites for hydroxylation is 1. The second-order valence-electron chi connectivity index (χ2n) is 7.02. The molecule has 14 heteroatoms. The smallest absolute Gasteiger partial charge is 0.352 e. The van der Waals surface area contributed by atoms with Crippen LogP contribution in [0.5, 0.6) is 5.75 Å². The molecular weight excluding hydrogens is 460 g/mol. The number of carbonyl (C=O) groups is 3. The molecule has 32 heavy (non-hydrogen) atoms. The van der Waals surface area contributed by atoms with Gasteiger partial charge in [0.25, 0.3) is 11.8 Å². The fourth-order valence-electron chi connectivity index (χ4n) is 3.33. The molecule has 2 amide bonds. The summed E-state index contributed by atoms with van der Waals surface area (Å²) in [6, 6.07) is 4.50. The third kappa shape index (κ3) is 4.03. The zero-order chi connectivity index (χ0) is 23.0. The van der Waals surface area contributed by atoms with E-state index in [4.69, 9.17) is 0 Å².